The van der Waals surface area contributed by atoms with Crippen molar-refractivity contribution in [2.45, 2.75) is 6.18 Å². The Balaban J connectivity index is 2.21. The molecule has 2 aromatic rings. The summed E-state index contributed by atoms with van der Waals surface area (Å²) in [5.74, 6) is -0.598. The first-order valence-electron chi connectivity index (χ1n) is 5.71. The van der Waals surface area contributed by atoms with Crippen LogP contribution in [-0.4, -0.2) is 5.91 Å². The van der Waals surface area contributed by atoms with Crippen LogP contribution in [0.25, 0.3) is 0 Å². The van der Waals surface area contributed by atoms with Crippen LogP contribution in [0.4, 0.5) is 18.9 Å². The molecule has 0 atom stereocenters. The maximum absolute atomic E-state index is 12.4. The largest absolute Gasteiger partial charge is 0.416 e. The number of carbonyl (C=O) groups is 1. The summed E-state index contributed by atoms with van der Waals surface area (Å²) in [7, 11) is 0. The molecule has 0 unspecified atom stereocenters. The van der Waals surface area contributed by atoms with Gasteiger partial charge in [0.2, 0.25) is 0 Å². The zero-order chi connectivity index (χ0) is 15.6. The van der Waals surface area contributed by atoms with Gasteiger partial charge in [-0.05, 0) is 36.4 Å². The molecule has 0 heterocycles. The molecule has 2 nitrogen and oxygen atoms in total. The van der Waals surface area contributed by atoms with E-state index in [1.807, 2.05) is 0 Å². The molecule has 0 bridgehead atoms. The number of benzene rings is 2. The van der Waals surface area contributed by atoms with E-state index in [4.69, 9.17) is 23.2 Å². The Hall–Kier alpha value is -1.72. The summed E-state index contributed by atoms with van der Waals surface area (Å²) in [6.07, 6.45) is -4.44. The van der Waals surface area contributed by atoms with Crippen molar-refractivity contribution in [3.8, 4) is 0 Å². The fourth-order valence-corrected chi connectivity index (χ4v) is 2.11. The Bertz CT molecular complexity index is 649. The lowest BCUT2D eigenvalue weighted by molar-refractivity contribution is -0.137. The third kappa shape index (κ3) is 3.68. The molecule has 0 spiro atoms. The van der Waals surface area contributed by atoms with Crippen LogP contribution in [0.15, 0.2) is 42.5 Å². The maximum Gasteiger partial charge on any atom is 0.416 e. The SMILES string of the molecule is O=C(Nc1c(Cl)cccc1Cl)c1ccc(C(F)(F)F)cc1. The van der Waals surface area contributed by atoms with Crippen LogP contribution >= 0.6 is 23.2 Å². The van der Waals surface area contributed by atoms with Crippen molar-refractivity contribution in [3.63, 3.8) is 0 Å². The molecule has 0 aliphatic carbocycles. The average Bonchev–Trinajstić information content (AvgIpc) is 2.42. The number of amides is 1. The van der Waals surface area contributed by atoms with Crippen LogP contribution < -0.4 is 5.32 Å². The lowest BCUT2D eigenvalue weighted by Gasteiger charge is -2.10. The molecule has 110 valence electrons. The molecule has 0 radical (unpaired) electrons. The lowest BCUT2D eigenvalue weighted by atomic mass is 10.1. The third-order valence-corrected chi connectivity index (χ3v) is 3.31. The van der Waals surface area contributed by atoms with Crippen LogP contribution in [0.3, 0.4) is 0 Å². The molecule has 0 saturated heterocycles. The number of rotatable bonds is 2. The highest BCUT2D eigenvalue weighted by Crippen LogP contribution is 2.31. The van der Waals surface area contributed by atoms with Crippen LogP contribution in [-0.2, 0) is 6.18 Å². The molecule has 1 N–H and O–H groups in total. The Labute approximate surface area is 128 Å². The highest BCUT2D eigenvalue weighted by atomic mass is 35.5. The molecule has 0 aliphatic heterocycles. The minimum Gasteiger partial charge on any atom is -0.319 e. The van der Waals surface area contributed by atoms with Gasteiger partial charge in [0.05, 0.1) is 21.3 Å². The average molecular weight is 334 g/mol. The van der Waals surface area contributed by atoms with E-state index in [2.05, 4.69) is 5.32 Å². The van der Waals surface area contributed by atoms with Crippen LogP contribution in [0.1, 0.15) is 15.9 Å². The lowest BCUT2D eigenvalue weighted by Crippen LogP contribution is -2.13. The van der Waals surface area contributed by atoms with Gasteiger partial charge in [-0.25, -0.2) is 0 Å². The summed E-state index contributed by atoms with van der Waals surface area (Å²) < 4.78 is 37.3. The molecule has 21 heavy (non-hydrogen) atoms. The number of para-hydroxylation sites is 1. The van der Waals surface area contributed by atoms with E-state index in [1.54, 1.807) is 6.07 Å². The van der Waals surface area contributed by atoms with E-state index < -0.39 is 17.6 Å². The first-order chi connectivity index (χ1) is 9.79. The van der Waals surface area contributed by atoms with Gasteiger partial charge in [0.25, 0.3) is 5.91 Å². The fourth-order valence-electron chi connectivity index (χ4n) is 1.61. The van der Waals surface area contributed by atoms with Gasteiger partial charge in [-0.2, -0.15) is 13.2 Å². The van der Waals surface area contributed by atoms with Crippen molar-refractivity contribution in [2.24, 2.45) is 0 Å². The summed E-state index contributed by atoms with van der Waals surface area (Å²) in [5.41, 5.74) is -0.542. The number of halogens is 5. The number of anilines is 1. The Morgan fingerprint density at radius 3 is 1.95 bits per heavy atom. The molecule has 2 rings (SSSR count). The summed E-state index contributed by atoms with van der Waals surface area (Å²) in [6.45, 7) is 0. The topological polar surface area (TPSA) is 29.1 Å². The van der Waals surface area contributed by atoms with Gasteiger partial charge >= 0.3 is 6.18 Å². The van der Waals surface area contributed by atoms with E-state index in [1.165, 1.54) is 12.1 Å². The second kappa shape index (κ2) is 5.95. The Morgan fingerprint density at radius 1 is 0.952 bits per heavy atom. The third-order valence-electron chi connectivity index (χ3n) is 2.68. The molecular formula is C14H8Cl2F3NO. The van der Waals surface area contributed by atoms with Crippen molar-refractivity contribution in [2.75, 3.05) is 5.32 Å². The standard InChI is InChI=1S/C14H8Cl2F3NO/c15-10-2-1-3-11(16)12(10)20-13(21)8-4-6-9(7-5-8)14(17,18)19/h1-7H,(H,20,21). The molecule has 1 amide bonds. The van der Waals surface area contributed by atoms with Crippen LogP contribution in [0.5, 0.6) is 0 Å². The highest BCUT2D eigenvalue weighted by molar-refractivity contribution is 6.40. The van der Waals surface area contributed by atoms with E-state index >= 15 is 0 Å². The van der Waals surface area contributed by atoms with Crippen LogP contribution in [0, 0.1) is 0 Å². The number of hydrogen-bond acceptors (Lipinski definition) is 1. The number of nitrogens with one attached hydrogen (secondary N) is 1. The normalized spacial score (nSPS) is 11.3. The van der Waals surface area contributed by atoms with Gasteiger partial charge in [0, 0.05) is 5.56 Å². The van der Waals surface area contributed by atoms with Gasteiger partial charge in [0.1, 0.15) is 0 Å². The quantitative estimate of drug-likeness (QED) is 0.797. The van der Waals surface area contributed by atoms with Crippen molar-refractivity contribution < 1.29 is 18.0 Å². The van der Waals surface area contributed by atoms with Gasteiger partial charge in [-0.1, -0.05) is 29.3 Å². The molecule has 0 aliphatic rings. The molecule has 0 saturated carbocycles. The van der Waals surface area contributed by atoms with Crippen molar-refractivity contribution in [1.82, 2.24) is 0 Å². The zero-order valence-corrected chi connectivity index (χ0v) is 11.9. The second-order valence-electron chi connectivity index (χ2n) is 4.13. The number of hydrogen-bond donors (Lipinski definition) is 1. The van der Waals surface area contributed by atoms with Gasteiger partial charge in [-0.15, -0.1) is 0 Å². The zero-order valence-electron chi connectivity index (χ0n) is 10.3. The minimum atomic E-state index is -4.44. The summed E-state index contributed by atoms with van der Waals surface area (Å²) in [4.78, 5) is 12.0. The maximum atomic E-state index is 12.4. The first-order valence-corrected chi connectivity index (χ1v) is 6.47. The predicted octanol–water partition coefficient (Wildman–Crippen LogP) is 5.26. The summed E-state index contributed by atoms with van der Waals surface area (Å²) in [5, 5.41) is 2.95. The van der Waals surface area contributed by atoms with Crippen molar-refractivity contribution in [3.05, 3.63) is 63.6 Å². The molecule has 7 heteroatoms. The second-order valence-corrected chi connectivity index (χ2v) is 4.94. The van der Waals surface area contributed by atoms with E-state index in [0.717, 1.165) is 24.3 Å². The minimum absolute atomic E-state index is 0.0685. The molecule has 0 aromatic heterocycles. The predicted molar refractivity (Wildman–Crippen MR) is 75.9 cm³/mol. The number of carbonyl (C=O) groups excluding carboxylic acids is 1. The summed E-state index contributed by atoms with van der Waals surface area (Å²) >= 11 is 11.8. The smallest absolute Gasteiger partial charge is 0.319 e. The van der Waals surface area contributed by atoms with Gasteiger partial charge in [-0.3, -0.25) is 4.79 Å². The number of alkyl halides is 3. The van der Waals surface area contributed by atoms with E-state index in [-0.39, 0.29) is 21.3 Å². The van der Waals surface area contributed by atoms with E-state index in [9.17, 15) is 18.0 Å². The van der Waals surface area contributed by atoms with Crippen molar-refractivity contribution in [1.29, 1.82) is 0 Å². The summed E-state index contributed by atoms with van der Waals surface area (Å²) in [6, 6.07) is 8.53. The van der Waals surface area contributed by atoms with Gasteiger partial charge in [0.15, 0.2) is 0 Å². The molecule has 0 fully saturated rings. The Kier molecular flexibility index (Phi) is 4.44. The fraction of sp³-hybridized carbons (Fsp3) is 0.0714. The van der Waals surface area contributed by atoms with Crippen molar-refractivity contribution >= 4 is 34.8 Å². The van der Waals surface area contributed by atoms with E-state index in [0.29, 0.717) is 0 Å². The monoisotopic (exact) mass is 333 g/mol. The molecule has 2 aromatic carbocycles. The molecular weight excluding hydrogens is 326 g/mol. The Morgan fingerprint density at radius 2 is 1.48 bits per heavy atom. The van der Waals surface area contributed by atoms with Crippen LogP contribution in [0.2, 0.25) is 10.0 Å². The highest BCUT2D eigenvalue weighted by Gasteiger charge is 2.30. The first kappa shape index (κ1) is 15.7. The van der Waals surface area contributed by atoms with Gasteiger partial charge < -0.3 is 5.32 Å².